The van der Waals surface area contributed by atoms with E-state index in [4.69, 9.17) is 10.2 Å². The Kier molecular flexibility index (Phi) is 3.00. The zero-order valence-electron chi connectivity index (χ0n) is 6.33. The van der Waals surface area contributed by atoms with Gasteiger partial charge in [0.25, 0.3) is 0 Å². The highest BCUT2D eigenvalue weighted by Gasteiger charge is 2.41. The maximum Gasteiger partial charge on any atom is 0.323 e. The second kappa shape index (κ2) is 3.34. The first-order chi connectivity index (χ1) is 4.95. The molecule has 0 aromatic carbocycles. The fraction of sp³-hybridized carbons (Fsp3) is 0.667. The van der Waals surface area contributed by atoms with Crippen LogP contribution in [0.5, 0.6) is 0 Å². The predicted molar refractivity (Wildman–Crippen MR) is 35.3 cm³/mol. The fourth-order valence-corrected chi connectivity index (χ4v) is 0.504. The van der Waals surface area contributed by atoms with E-state index in [-0.39, 0.29) is 6.61 Å². The van der Waals surface area contributed by atoms with E-state index in [0.29, 0.717) is 0 Å². The van der Waals surface area contributed by atoms with Gasteiger partial charge >= 0.3 is 11.9 Å². The first-order valence-corrected chi connectivity index (χ1v) is 2.91. The van der Waals surface area contributed by atoms with Crippen molar-refractivity contribution in [2.24, 2.45) is 5.41 Å². The lowest BCUT2D eigenvalue weighted by Gasteiger charge is -2.17. The molecule has 0 heterocycles. The van der Waals surface area contributed by atoms with E-state index in [9.17, 15) is 9.59 Å². The van der Waals surface area contributed by atoms with Crippen molar-refractivity contribution in [3.05, 3.63) is 0 Å². The summed E-state index contributed by atoms with van der Waals surface area (Å²) in [5, 5.41) is 16.9. The van der Waals surface area contributed by atoms with Gasteiger partial charge in [-0.25, -0.2) is 0 Å². The first kappa shape index (κ1) is 9.90. The Morgan fingerprint density at radius 2 is 1.73 bits per heavy atom. The van der Waals surface area contributed by atoms with Crippen LogP contribution in [0.15, 0.2) is 0 Å². The van der Waals surface area contributed by atoms with Gasteiger partial charge in [-0.3, -0.25) is 9.59 Å². The standard InChI is InChI=1S/C6H10O5/c1-6(3-11-2,4(7)8)5(9)10/h3H2,1-2H3,(H,7,8)(H,9,10). The van der Waals surface area contributed by atoms with Crippen molar-refractivity contribution >= 4 is 11.9 Å². The lowest BCUT2D eigenvalue weighted by molar-refractivity contribution is -0.166. The number of methoxy groups -OCH3 is 1. The topological polar surface area (TPSA) is 83.8 Å². The lowest BCUT2D eigenvalue weighted by atomic mass is 9.92. The van der Waals surface area contributed by atoms with Crippen LogP contribution in [0.2, 0.25) is 0 Å². The van der Waals surface area contributed by atoms with Gasteiger partial charge in [-0.1, -0.05) is 0 Å². The van der Waals surface area contributed by atoms with Crippen molar-refractivity contribution in [1.82, 2.24) is 0 Å². The van der Waals surface area contributed by atoms with E-state index in [0.717, 1.165) is 6.92 Å². The molecule has 0 aliphatic rings. The van der Waals surface area contributed by atoms with Crippen LogP contribution in [-0.2, 0) is 14.3 Å². The van der Waals surface area contributed by atoms with Crippen LogP contribution in [-0.4, -0.2) is 35.9 Å². The van der Waals surface area contributed by atoms with Gasteiger partial charge in [-0.05, 0) is 6.92 Å². The van der Waals surface area contributed by atoms with Gasteiger partial charge in [0.1, 0.15) is 0 Å². The molecule has 0 aliphatic heterocycles. The molecule has 0 aromatic rings. The lowest BCUT2D eigenvalue weighted by Crippen LogP contribution is -2.40. The van der Waals surface area contributed by atoms with Gasteiger partial charge in [0.05, 0.1) is 6.61 Å². The molecule has 2 N–H and O–H groups in total. The summed E-state index contributed by atoms with van der Waals surface area (Å²) in [6.07, 6.45) is 0. The van der Waals surface area contributed by atoms with Gasteiger partial charge in [0.2, 0.25) is 0 Å². The number of aliphatic carboxylic acids is 2. The molecule has 0 fully saturated rings. The molecule has 64 valence electrons. The van der Waals surface area contributed by atoms with Crippen molar-refractivity contribution in [2.75, 3.05) is 13.7 Å². The molecule has 0 amide bonds. The molecule has 0 aromatic heterocycles. The van der Waals surface area contributed by atoms with E-state index >= 15 is 0 Å². The van der Waals surface area contributed by atoms with Crippen molar-refractivity contribution in [1.29, 1.82) is 0 Å². The van der Waals surface area contributed by atoms with Gasteiger partial charge in [0, 0.05) is 7.11 Å². The highest BCUT2D eigenvalue weighted by Crippen LogP contribution is 2.16. The zero-order chi connectivity index (χ0) is 9.07. The molecule has 5 heteroatoms. The summed E-state index contributed by atoms with van der Waals surface area (Å²) in [6, 6.07) is 0. The van der Waals surface area contributed by atoms with Gasteiger partial charge < -0.3 is 14.9 Å². The van der Waals surface area contributed by atoms with Crippen molar-refractivity contribution in [3.8, 4) is 0 Å². The molecule has 0 unspecified atom stereocenters. The monoisotopic (exact) mass is 162 g/mol. The number of ether oxygens (including phenoxy) is 1. The van der Waals surface area contributed by atoms with Crippen LogP contribution < -0.4 is 0 Å². The second-order valence-electron chi connectivity index (χ2n) is 2.38. The Bertz CT molecular complexity index is 160. The second-order valence-corrected chi connectivity index (χ2v) is 2.38. The third-order valence-electron chi connectivity index (χ3n) is 1.38. The summed E-state index contributed by atoms with van der Waals surface area (Å²) < 4.78 is 4.47. The van der Waals surface area contributed by atoms with Gasteiger partial charge in [0.15, 0.2) is 5.41 Å². The summed E-state index contributed by atoms with van der Waals surface area (Å²) in [5.74, 6) is -2.79. The Morgan fingerprint density at radius 1 is 1.36 bits per heavy atom. The largest absolute Gasteiger partial charge is 0.480 e. The summed E-state index contributed by atoms with van der Waals surface area (Å²) in [5.41, 5.74) is -1.84. The maximum atomic E-state index is 10.4. The zero-order valence-corrected chi connectivity index (χ0v) is 6.33. The van der Waals surface area contributed by atoms with E-state index in [1.54, 1.807) is 0 Å². The third kappa shape index (κ3) is 1.91. The number of carboxylic acid groups (broad SMARTS) is 2. The number of hydrogen-bond acceptors (Lipinski definition) is 3. The average Bonchev–Trinajstić information content (AvgIpc) is 1.87. The van der Waals surface area contributed by atoms with Crippen LogP contribution in [0.25, 0.3) is 0 Å². The quantitative estimate of drug-likeness (QED) is 0.559. The number of hydrogen-bond donors (Lipinski definition) is 2. The van der Waals surface area contributed by atoms with Crippen molar-refractivity contribution in [2.45, 2.75) is 6.92 Å². The minimum Gasteiger partial charge on any atom is -0.480 e. The van der Waals surface area contributed by atoms with Crippen molar-refractivity contribution in [3.63, 3.8) is 0 Å². The van der Waals surface area contributed by atoms with E-state index in [1.165, 1.54) is 7.11 Å². The summed E-state index contributed by atoms with van der Waals surface area (Å²) in [6.45, 7) is 0.763. The summed E-state index contributed by atoms with van der Waals surface area (Å²) in [7, 11) is 1.25. The minimum atomic E-state index is -1.84. The van der Waals surface area contributed by atoms with E-state index < -0.39 is 17.4 Å². The Hall–Kier alpha value is -1.10. The summed E-state index contributed by atoms with van der Waals surface area (Å²) in [4.78, 5) is 20.8. The van der Waals surface area contributed by atoms with Crippen LogP contribution in [0.1, 0.15) is 6.92 Å². The Morgan fingerprint density at radius 3 is 1.82 bits per heavy atom. The molecule has 0 saturated carbocycles. The number of rotatable bonds is 4. The molecule has 0 atom stereocenters. The van der Waals surface area contributed by atoms with E-state index in [2.05, 4.69) is 4.74 Å². The molecular weight excluding hydrogens is 152 g/mol. The highest BCUT2D eigenvalue weighted by molar-refractivity contribution is 5.97. The predicted octanol–water partition coefficient (Wildman–Crippen LogP) is -0.192. The molecule has 0 radical (unpaired) electrons. The molecule has 0 spiro atoms. The SMILES string of the molecule is COCC(C)(C(=O)O)C(=O)O. The molecule has 0 aliphatic carbocycles. The fourth-order valence-electron chi connectivity index (χ4n) is 0.504. The molecule has 5 nitrogen and oxygen atoms in total. The van der Waals surface area contributed by atoms with Crippen LogP contribution in [0.3, 0.4) is 0 Å². The normalized spacial score (nSPS) is 11.1. The highest BCUT2D eigenvalue weighted by atomic mass is 16.5. The molecular formula is C6H10O5. The number of carbonyl (C=O) groups is 2. The van der Waals surface area contributed by atoms with E-state index in [1.807, 2.05) is 0 Å². The minimum absolute atomic E-state index is 0.336. The Labute approximate surface area is 63.6 Å². The van der Waals surface area contributed by atoms with Crippen LogP contribution >= 0.6 is 0 Å². The molecule has 0 rings (SSSR count). The van der Waals surface area contributed by atoms with Gasteiger partial charge in [-0.2, -0.15) is 0 Å². The van der Waals surface area contributed by atoms with Gasteiger partial charge in [-0.15, -0.1) is 0 Å². The summed E-state index contributed by atoms with van der Waals surface area (Å²) >= 11 is 0. The molecule has 0 bridgehead atoms. The smallest absolute Gasteiger partial charge is 0.323 e. The average molecular weight is 162 g/mol. The molecule has 11 heavy (non-hydrogen) atoms. The Balaban J connectivity index is 4.52. The number of carboxylic acids is 2. The molecule has 0 saturated heterocycles. The van der Waals surface area contributed by atoms with Crippen molar-refractivity contribution < 1.29 is 24.5 Å². The first-order valence-electron chi connectivity index (χ1n) is 2.91. The third-order valence-corrected chi connectivity index (χ3v) is 1.38. The van der Waals surface area contributed by atoms with Crippen LogP contribution in [0.4, 0.5) is 0 Å². The maximum absolute atomic E-state index is 10.4. The van der Waals surface area contributed by atoms with Crippen LogP contribution in [0, 0.1) is 5.41 Å².